The van der Waals surface area contributed by atoms with Crippen molar-refractivity contribution in [2.75, 3.05) is 18.6 Å². The third-order valence-corrected chi connectivity index (χ3v) is 6.96. The maximum absolute atomic E-state index is 13.5. The number of nitrogens with two attached hydrogens (primary N) is 2. The molecule has 5 rings (SSSR count). The molecule has 0 radical (unpaired) electrons. The SMILES string of the molecule is COc1ccc(-[n+]2noc([O-])c2C(=O)c2sc3nc(N)c(C#N)c(-c4ccsc4)c3c2N)cc1. The normalized spacial score (nSPS) is 10.9. The van der Waals surface area contributed by atoms with Gasteiger partial charge in [-0.2, -0.15) is 16.6 Å². The fraction of sp³-hybridized carbons (Fsp3) is 0.0455. The highest BCUT2D eigenvalue weighted by Gasteiger charge is 2.33. The number of anilines is 2. The zero-order chi connectivity index (χ0) is 24.0. The molecule has 34 heavy (non-hydrogen) atoms. The van der Waals surface area contributed by atoms with Crippen molar-refractivity contribution >= 4 is 50.2 Å². The number of nitrogen functional groups attached to an aromatic ring is 2. The molecule has 4 heterocycles. The molecular formula is C22H14N6O4S2. The highest BCUT2D eigenvalue weighted by Crippen LogP contribution is 2.43. The number of rotatable bonds is 5. The zero-order valence-electron chi connectivity index (χ0n) is 17.4. The van der Waals surface area contributed by atoms with Gasteiger partial charge in [-0.25, -0.2) is 4.98 Å². The van der Waals surface area contributed by atoms with Crippen molar-refractivity contribution in [3.05, 3.63) is 57.2 Å². The van der Waals surface area contributed by atoms with Gasteiger partial charge in [0.15, 0.2) is 5.95 Å². The molecule has 0 saturated heterocycles. The summed E-state index contributed by atoms with van der Waals surface area (Å²) in [6, 6.07) is 10.5. The first-order valence-electron chi connectivity index (χ1n) is 9.66. The maximum atomic E-state index is 13.5. The van der Waals surface area contributed by atoms with E-state index in [9.17, 15) is 15.2 Å². The van der Waals surface area contributed by atoms with Crippen LogP contribution in [0.25, 0.3) is 27.0 Å². The van der Waals surface area contributed by atoms with E-state index in [0.29, 0.717) is 27.2 Å². The molecule has 0 bridgehead atoms. The van der Waals surface area contributed by atoms with Crippen molar-refractivity contribution in [1.29, 1.82) is 5.26 Å². The van der Waals surface area contributed by atoms with Gasteiger partial charge in [-0.15, -0.1) is 11.3 Å². The van der Waals surface area contributed by atoms with Gasteiger partial charge in [0.05, 0.1) is 18.1 Å². The Kier molecular flexibility index (Phi) is 5.12. The number of methoxy groups -OCH3 is 1. The second-order valence-corrected chi connectivity index (χ2v) is 8.82. The van der Waals surface area contributed by atoms with Crippen LogP contribution < -0.4 is 26.0 Å². The predicted molar refractivity (Wildman–Crippen MR) is 124 cm³/mol. The van der Waals surface area contributed by atoms with Crippen molar-refractivity contribution in [2.24, 2.45) is 0 Å². The Morgan fingerprint density at radius 3 is 2.68 bits per heavy atom. The van der Waals surface area contributed by atoms with E-state index in [1.54, 1.807) is 24.3 Å². The minimum absolute atomic E-state index is 0.0271. The van der Waals surface area contributed by atoms with Gasteiger partial charge in [-0.05, 0) is 39.2 Å². The number of thiophene rings is 2. The molecule has 5 aromatic rings. The molecule has 12 heteroatoms. The van der Waals surface area contributed by atoms with E-state index >= 15 is 0 Å². The smallest absolute Gasteiger partial charge is 0.312 e. The van der Waals surface area contributed by atoms with Crippen LogP contribution in [-0.4, -0.2) is 23.1 Å². The van der Waals surface area contributed by atoms with Crippen LogP contribution in [0.15, 0.2) is 45.6 Å². The van der Waals surface area contributed by atoms with Gasteiger partial charge in [0.25, 0.3) is 5.78 Å². The van der Waals surface area contributed by atoms with Crippen LogP contribution in [0.3, 0.4) is 0 Å². The summed E-state index contributed by atoms with van der Waals surface area (Å²) in [6.45, 7) is 0. The van der Waals surface area contributed by atoms with E-state index in [-0.39, 0.29) is 27.6 Å². The van der Waals surface area contributed by atoms with Gasteiger partial charge in [0.1, 0.15) is 32.9 Å². The number of nitriles is 1. The van der Waals surface area contributed by atoms with E-state index in [4.69, 9.17) is 20.7 Å². The van der Waals surface area contributed by atoms with Crippen molar-refractivity contribution in [3.8, 4) is 34.6 Å². The first-order valence-corrected chi connectivity index (χ1v) is 11.4. The monoisotopic (exact) mass is 490 g/mol. The van der Waals surface area contributed by atoms with E-state index < -0.39 is 11.7 Å². The average Bonchev–Trinajstić information content (AvgIpc) is 3.57. The molecule has 168 valence electrons. The molecule has 0 atom stereocenters. The number of fused-ring (bicyclic) bond motifs is 1. The molecule has 0 fully saturated rings. The number of nitrogens with zero attached hydrogens (tertiary/aromatic N) is 4. The van der Waals surface area contributed by atoms with Gasteiger partial charge in [-0.3, -0.25) is 4.79 Å². The lowest BCUT2D eigenvalue weighted by Gasteiger charge is -2.07. The van der Waals surface area contributed by atoms with Crippen LogP contribution in [0.4, 0.5) is 11.5 Å². The summed E-state index contributed by atoms with van der Waals surface area (Å²) >= 11 is 2.42. The maximum Gasteiger partial charge on any atom is 0.312 e. The molecular weight excluding hydrogens is 476 g/mol. The van der Waals surface area contributed by atoms with Gasteiger partial charge < -0.3 is 25.8 Å². The minimum atomic E-state index is -0.916. The zero-order valence-corrected chi connectivity index (χ0v) is 19.1. The molecule has 4 aromatic heterocycles. The van der Waals surface area contributed by atoms with Crippen LogP contribution in [0, 0.1) is 11.3 Å². The van der Waals surface area contributed by atoms with Crippen molar-refractivity contribution in [2.45, 2.75) is 0 Å². The van der Waals surface area contributed by atoms with Gasteiger partial charge >= 0.3 is 5.69 Å². The van der Waals surface area contributed by atoms with E-state index in [1.807, 2.05) is 16.8 Å². The van der Waals surface area contributed by atoms with Crippen LogP contribution in [0.1, 0.15) is 20.9 Å². The summed E-state index contributed by atoms with van der Waals surface area (Å²) in [5.74, 6) is -0.981. The molecule has 0 aliphatic heterocycles. The van der Waals surface area contributed by atoms with Crippen LogP contribution in [0.5, 0.6) is 11.7 Å². The number of pyridine rings is 1. The standard InChI is InChI=1S/C22H14N6O4S2/c1-31-12-4-2-11(3-5-12)28-17(22(30)32-27-28)18(29)19-16(24)15-14(10-6-7-33-9-10)13(8-23)20(25)26-21(15)34-19/h2-7,9H,1H3,(H4-,24,25,26,27,29,30). The second-order valence-electron chi connectivity index (χ2n) is 7.04. The van der Waals surface area contributed by atoms with E-state index in [0.717, 1.165) is 21.6 Å². The van der Waals surface area contributed by atoms with Crippen LogP contribution in [0.2, 0.25) is 0 Å². The summed E-state index contributed by atoms with van der Waals surface area (Å²) in [5, 5.41) is 30.0. The van der Waals surface area contributed by atoms with Crippen LogP contribution >= 0.6 is 22.7 Å². The number of ether oxygens (including phenoxy) is 1. The largest absolute Gasteiger partial charge is 0.539 e. The molecule has 0 aliphatic carbocycles. The number of aromatic nitrogens is 3. The topological polar surface area (TPSA) is 168 Å². The summed E-state index contributed by atoms with van der Waals surface area (Å²) < 4.78 is 11.0. The third-order valence-electron chi connectivity index (χ3n) is 5.18. The minimum Gasteiger partial charge on any atom is -0.539 e. The Hall–Kier alpha value is -4.47. The van der Waals surface area contributed by atoms with Crippen molar-refractivity contribution < 1.29 is 23.8 Å². The first-order chi connectivity index (χ1) is 16.4. The van der Waals surface area contributed by atoms with E-state index in [2.05, 4.69) is 16.3 Å². The Balaban J connectivity index is 1.71. The number of carbonyl (C=O) groups is 1. The summed E-state index contributed by atoms with van der Waals surface area (Å²) in [4.78, 5) is 18.3. The third kappa shape index (κ3) is 3.22. The highest BCUT2D eigenvalue weighted by molar-refractivity contribution is 7.21. The molecule has 0 amide bonds. The molecule has 1 aromatic carbocycles. The van der Waals surface area contributed by atoms with Crippen molar-refractivity contribution in [1.82, 2.24) is 10.3 Å². The quantitative estimate of drug-likeness (QED) is 0.278. The highest BCUT2D eigenvalue weighted by atomic mass is 32.1. The lowest BCUT2D eigenvalue weighted by atomic mass is 9.99. The Morgan fingerprint density at radius 1 is 1.26 bits per heavy atom. The van der Waals surface area contributed by atoms with Gasteiger partial charge in [0.2, 0.25) is 5.69 Å². The number of ketones is 1. The van der Waals surface area contributed by atoms with Crippen LogP contribution in [-0.2, 0) is 0 Å². The molecule has 0 spiro atoms. The summed E-state index contributed by atoms with van der Waals surface area (Å²) in [5.41, 5.74) is 14.0. The molecule has 4 N–H and O–H groups in total. The second kappa shape index (κ2) is 8.14. The van der Waals surface area contributed by atoms with Gasteiger partial charge in [-0.1, -0.05) is 0 Å². The molecule has 0 saturated carbocycles. The number of benzene rings is 1. The average molecular weight is 491 g/mol. The predicted octanol–water partition coefficient (Wildman–Crippen LogP) is 2.64. The number of hydrogen-bond acceptors (Lipinski definition) is 11. The Bertz CT molecular complexity index is 1600. The lowest BCUT2D eigenvalue weighted by Crippen LogP contribution is -2.39. The molecule has 0 aliphatic rings. The van der Waals surface area contributed by atoms with Crippen molar-refractivity contribution in [3.63, 3.8) is 0 Å². The Labute approximate surface area is 199 Å². The molecule has 10 nitrogen and oxygen atoms in total. The fourth-order valence-electron chi connectivity index (χ4n) is 3.59. The lowest BCUT2D eigenvalue weighted by molar-refractivity contribution is -0.672. The van der Waals surface area contributed by atoms with Gasteiger partial charge in [0, 0.05) is 23.1 Å². The number of hydrogen-bond donors (Lipinski definition) is 2. The van der Waals surface area contributed by atoms with E-state index in [1.165, 1.54) is 18.4 Å². The summed E-state index contributed by atoms with van der Waals surface area (Å²) in [6.07, 6.45) is 0. The Morgan fingerprint density at radius 2 is 2.03 bits per heavy atom. The first kappa shape index (κ1) is 21.4. The molecule has 0 unspecified atom stereocenters. The number of carbonyl (C=O) groups excluding carboxylic acids is 1. The summed E-state index contributed by atoms with van der Waals surface area (Å²) in [7, 11) is 1.52. The fourth-order valence-corrected chi connectivity index (χ4v) is 5.29.